The average Bonchev–Trinajstić information content (AvgIpc) is 2.48. The predicted molar refractivity (Wildman–Crippen MR) is 82.4 cm³/mol. The summed E-state index contributed by atoms with van der Waals surface area (Å²) in [5.41, 5.74) is 0.822. The van der Waals surface area contributed by atoms with Gasteiger partial charge in [-0.2, -0.15) is 0 Å². The molecule has 0 aliphatic rings. The van der Waals surface area contributed by atoms with Gasteiger partial charge in [-0.3, -0.25) is 0 Å². The van der Waals surface area contributed by atoms with Gasteiger partial charge in [0, 0.05) is 11.6 Å². The summed E-state index contributed by atoms with van der Waals surface area (Å²) in [6.07, 6.45) is 7.07. The molecule has 3 heteroatoms. The molecular formula is C17H28O3. The molecule has 0 radical (unpaired) electrons. The van der Waals surface area contributed by atoms with E-state index in [9.17, 15) is 5.11 Å². The second kappa shape index (κ2) is 10.6. The fraction of sp³-hybridized carbons (Fsp3) is 0.647. The van der Waals surface area contributed by atoms with Crippen molar-refractivity contribution in [3.05, 3.63) is 23.8 Å². The van der Waals surface area contributed by atoms with Crippen molar-refractivity contribution in [2.45, 2.75) is 59.0 Å². The van der Waals surface area contributed by atoms with Crippen LogP contribution in [0.1, 0.15) is 57.9 Å². The van der Waals surface area contributed by atoms with Crippen LogP contribution in [0.2, 0.25) is 0 Å². The van der Waals surface area contributed by atoms with Crippen molar-refractivity contribution < 1.29 is 14.6 Å². The van der Waals surface area contributed by atoms with Gasteiger partial charge in [0.2, 0.25) is 0 Å². The molecule has 0 spiro atoms. The Bertz CT molecular complexity index is 363. The van der Waals surface area contributed by atoms with Crippen molar-refractivity contribution in [2.75, 3.05) is 13.2 Å². The van der Waals surface area contributed by atoms with Crippen molar-refractivity contribution in [3.8, 4) is 11.5 Å². The number of hydrogen-bond acceptors (Lipinski definition) is 3. The smallest absolute Gasteiger partial charge is 0.128 e. The summed E-state index contributed by atoms with van der Waals surface area (Å²) in [4.78, 5) is 0. The van der Waals surface area contributed by atoms with Crippen molar-refractivity contribution in [2.24, 2.45) is 0 Å². The highest BCUT2D eigenvalue weighted by Crippen LogP contribution is 2.25. The normalized spacial score (nSPS) is 10.6. The fourth-order valence-corrected chi connectivity index (χ4v) is 2.00. The van der Waals surface area contributed by atoms with Crippen molar-refractivity contribution in [3.63, 3.8) is 0 Å². The van der Waals surface area contributed by atoms with Gasteiger partial charge in [0.05, 0.1) is 19.8 Å². The van der Waals surface area contributed by atoms with Crippen LogP contribution >= 0.6 is 0 Å². The highest BCUT2D eigenvalue weighted by molar-refractivity contribution is 5.40. The first-order valence-electron chi connectivity index (χ1n) is 7.81. The molecule has 3 nitrogen and oxygen atoms in total. The molecule has 0 amide bonds. The lowest BCUT2D eigenvalue weighted by Crippen LogP contribution is -2.02. The minimum Gasteiger partial charge on any atom is -0.493 e. The number of unbranched alkanes of at least 4 members (excludes halogenated alkanes) is 4. The van der Waals surface area contributed by atoms with Gasteiger partial charge in [0.1, 0.15) is 11.5 Å². The molecule has 0 fully saturated rings. The minimum absolute atomic E-state index is 0.000768. The Morgan fingerprint density at radius 1 is 0.900 bits per heavy atom. The standard InChI is InChI=1S/C17H28O3/c1-3-5-6-7-8-12-20-17-13-16(19-11-4-2)10-9-15(17)14-18/h9-10,13,18H,3-8,11-12,14H2,1-2H3. The third-order valence-corrected chi connectivity index (χ3v) is 3.19. The lowest BCUT2D eigenvalue weighted by atomic mass is 10.1. The summed E-state index contributed by atoms with van der Waals surface area (Å²) in [5.74, 6) is 1.56. The van der Waals surface area contributed by atoms with Gasteiger partial charge in [0.15, 0.2) is 0 Å². The Kier molecular flexibility index (Phi) is 8.88. The van der Waals surface area contributed by atoms with E-state index in [1.807, 2.05) is 18.2 Å². The maximum absolute atomic E-state index is 9.34. The largest absolute Gasteiger partial charge is 0.493 e. The molecule has 0 bridgehead atoms. The molecule has 1 N–H and O–H groups in total. The van der Waals surface area contributed by atoms with Crippen LogP contribution < -0.4 is 9.47 Å². The quantitative estimate of drug-likeness (QED) is 0.614. The molecule has 0 aromatic heterocycles. The summed E-state index contributed by atoms with van der Waals surface area (Å²) in [6, 6.07) is 5.64. The first-order chi connectivity index (χ1) is 9.81. The van der Waals surface area contributed by atoms with Gasteiger partial charge >= 0.3 is 0 Å². The molecule has 20 heavy (non-hydrogen) atoms. The Morgan fingerprint density at radius 2 is 1.70 bits per heavy atom. The molecular weight excluding hydrogens is 252 g/mol. The zero-order valence-electron chi connectivity index (χ0n) is 12.9. The van der Waals surface area contributed by atoms with Crippen LogP contribution in [0, 0.1) is 0 Å². The maximum Gasteiger partial charge on any atom is 0.128 e. The van der Waals surface area contributed by atoms with Crippen LogP contribution in [0.4, 0.5) is 0 Å². The molecule has 0 saturated heterocycles. The second-order valence-electron chi connectivity index (χ2n) is 5.04. The second-order valence-corrected chi connectivity index (χ2v) is 5.04. The van der Waals surface area contributed by atoms with Crippen LogP contribution in [-0.2, 0) is 6.61 Å². The molecule has 0 aliphatic carbocycles. The van der Waals surface area contributed by atoms with Crippen molar-refractivity contribution in [1.82, 2.24) is 0 Å². The van der Waals surface area contributed by atoms with Gasteiger partial charge in [-0.05, 0) is 25.0 Å². The molecule has 1 aromatic carbocycles. The van der Waals surface area contributed by atoms with Crippen LogP contribution in [-0.4, -0.2) is 18.3 Å². The van der Waals surface area contributed by atoms with Crippen LogP contribution in [0.3, 0.4) is 0 Å². The monoisotopic (exact) mass is 280 g/mol. The lowest BCUT2D eigenvalue weighted by Gasteiger charge is -2.12. The van der Waals surface area contributed by atoms with E-state index in [1.165, 1.54) is 25.7 Å². The first kappa shape index (κ1) is 16.8. The van der Waals surface area contributed by atoms with Gasteiger partial charge in [-0.15, -0.1) is 0 Å². The van der Waals surface area contributed by atoms with E-state index in [1.54, 1.807) is 0 Å². The van der Waals surface area contributed by atoms with Crippen molar-refractivity contribution >= 4 is 0 Å². The third-order valence-electron chi connectivity index (χ3n) is 3.19. The van der Waals surface area contributed by atoms with E-state index >= 15 is 0 Å². The lowest BCUT2D eigenvalue weighted by molar-refractivity contribution is 0.257. The van der Waals surface area contributed by atoms with Gasteiger partial charge in [0.25, 0.3) is 0 Å². The highest BCUT2D eigenvalue weighted by atomic mass is 16.5. The van der Waals surface area contributed by atoms with Crippen LogP contribution in [0.5, 0.6) is 11.5 Å². The Labute approximate surface area is 122 Å². The van der Waals surface area contributed by atoms with Gasteiger partial charge < -0.3 is 14.6 Å². The van der Waals surface area contributed by atoms with Gasteiger partial charge in [-0.1, -0.05) is 39.5 Å². The highest BCUT2D eigenvalue weighted by Gasteiger charge is 2.05. The number of ether oxygens (including phenoxy) is 2. The molecule has 0 aliphatic heterocycles. The number of aliphatic hydroxyl groups is 1. The minimum atomic E-state index is -0.000768. The molecule has 0 heterocycles. The van der Waals surface area contributed by atoms with Crippen LogP contribution in [0.15, 0.2) is 18.2 Å². The van der Waals surface area contributed by atoms with E-state index in [2.05, 4.69) is 13.8 Å². The number of rotatable bonds is 11. The Balaban J connectivity index is 2.44. The molecule has 114 valence electrons. The predicted octanol–water partition coefficient (Wildman–Crippen LogP) is 4.32. The van der Waals surface area contributed by atoms with E-state index in [-0.39, 0.29) is 6.61 Å². The molecule has 1 aromatic rings. The summed E-state index contributed by atoms with van der Waals surface area (Å²) in [5, 5.41) is 9.34. The molecule has 0 saturated carbocycles. The zero-order valence-corrected chi connectivity index (χ0v) is 12.9. The SMILES string of the molecule is CCCCCCCOc1cc(OCCC)ccc1CO. The maximum atomic E-state index is 9.34. The average molecular weight is 280 g/mol. The molecule has 1 rings (SSSR count). The zero-order chi connectivity index (χ0) is 14.6. The number of hydrogen-bond donors (Lipinski definition) is 1. The third kappa shape index (κ3) is 6.29. The first-order valence-corrected chi connectivity index (χ1v) is 7.81. The molecule has 0 unspecified atom stereocenters. The van der Waals surface area contributed by atoms with Gasteiger partial charge in [-0.25, -0.2) is 0 Å². The molecule has 0 atom stereocenters. The Morgan fingerprint density at radius 3 is 2.40 bits per heavy atom. The Hall–Kier alpha value is -1.22. The fourth-order valence-electron chi connectivity index (χ4n) is 2.00. The van der Waals surface area contributed by atoms with E-state index in [4.69, 9.17) is 9.47 Å². The van der Waals surface area contributed by atoms with E-state index in [0.717, 1.165) is 29.9 Å². The van der Waals surface area contributed by atoms with E-state index < -0.39 is 0 Å². The summed E-state index contributed by atoms with van der Waals surface area (Å²) in [6.45, 7) is 5.70. The summed E-state index contributed by atoms with van der Waals surface area (Å²) >= 11 is 0. The number of benzene rings is 1. The van der Waals surface area contributed by atoms with Crippen LogP contribution in [0.25, 0.3) is 0 Å². The van der Waals surface area contributed by atoms with E-state index in [0.29, 0.717) is 13.2 Å². The number of aliphatic hydroxyl groups excluding tert-OH is 1. The topological polar surface area (TPSA) is 38.7 Å². The summed E-state index contributed by atoms with van der Waals surface area (Å²) in [7, 11) is 0. The van der Waals surface area contributed by atoms with Crippen molar-refractivity contribution in [1.29, 1.82) is 0 Å². The summed E-state index contributed by atoms with van der Waals surface area (Å²) < 4.78 is 11.4.